The van der Waals surface area contributed by atoms with Gasteiger partial charge in [-0.3, -0.25) is 25.3 Å². The third-order valence-electron chi connectivity index (χ3n) is 5.90. The Labute approximate surface area is 189 Å². The summed E-state index contributed by atoms with van der Waals surface area (Å²) >= 11 is 0. The molecule has 1 aliphatic rings. The molecular weight excluding hydrogens is 428 g/mol. The number of hydrogen-bond acceptors (Lipinski definition) is 5. The van der Waals surface area contributed by atoms with Gasteiger partial charge in [-0.25, -0.2) is 8.42 Å². The molecule has 9 heteroatoms. The van der Waals surface area contributed by atoms with Gasteiger partial charge in [-0.05, 0) is 42.0 Å². The van der Waals surface area contributed by atoms with Gasteiger partial charge in [-0.2, -0.15) is 4.31 Å². The number of amides is 2. The van der Waals surface area contributed by atoms with Crippen LogP contribution < -0.4 is 10.9 Å². The van der Waals surface area contributed by atoms with Gasteiger partial charge >= 0.3 is 5.91 Å². The van der Waals surface area contributed by atoms with Crippen molar-refractivity contribution in [2.24, 2.45) is 0 Å². The zero-order valence-electron chi connectivity index (χ0n) is 18.2. The molecule has 1 saturated heterocycles. The second kappa shape index (κ2) is 10.1. The first kappa shape index (κ1) is 23.7. The van der Waals surface area contributed by atoms with Gasteiger partial charge in [0.2, 0.25) is 10.0 Å². The van der Waals surface area contributed by atoms with Crippen molar-refractivity contribution < 1.29 is 18.0 Å². The Morgan fingerprint density at radius 2 is 1.81 bits per heavy atom. The van der Waals surface area contributed by atoms with Crippen molar-refractivity contribution in [3.8, 4) is 12.3 Å². The molecule has 1 atom stereocenters. The molecular formula is C23H28N4O4S. The van der Waals surface area contributed by atoms with Crippen molar-refractivity contribution in [3.05, 3.63) is 48.0 Å². The molecule has 170 valence electrons. The van der Waals surface area contributed by atoms with Crippen LogP contribution in [0.1, 0.15) is 31.4 Å². The molecule has 2 amide bonds. The summed E-state index contributed by atoms with van der Waals surface area (Å²) in [5.41, 5.74) is 5.43. The fourth-order valence-electron chi connectivity index (χ4n) is 4.23. The lowest BCUT2D eigenvalue weighted by molar-refractivity contribution is -0.126. The minimum absolute atomic E-state index is 0.177. The normalized spacial score (nSPS) is 16.4. The SMILES string of the molecule is C#CC(=O)NNC(=O)CN(C1CCN([C@H](C)c2cccc3ccccc23)CC1)S(C)(=O)=O. The Kier molecular flexibility index (Phi) is 7.51. The van der Waals surface area contributed by atoms with Gasteiger partial charge in [0.25, 0.3) is 5.91 Å². The molecule has 2 aromatic rings. The van der Waals surface area contributed by atoms with Crippen LogP contribution in [-0.4, -0.2) is 61.4 Å². The van der Waals surface area contributed by atoms with Crippen molar-refractivity contribution in [1.29, 1.82) is 0 Å². The molecule has 0 radical (unpaired) electrons. The number of hydrazine groups is 1. The molecule has 1 aliphatic heterocycles. The Morgan fingerprint density at radius 1 is 1.16 bits per heavy atom. The van der Waals surface area contributed by atoms with E-state index in [0.717, 1.165) is 6.26 Å². The molecule has 8 nitrogen and oxygen atoms in total. The van der Waals surface area contributed by atoms with Crippen LogP contribution in [0.5, 0.6) is 0 Å². The predicted molar refractivity (Wildman–Crippen MR) is 124 cm³/mol. The third-order valence-corrected chi connectivity index (χ3v) is 7.18. The lowest BCUT2D eigenvalue weighted by Gasteiger charge is -2.39. The van der Waals surface area contributed by atoms with E-state index in [4.69, 9.17) is 6.42 Å². The van der Waals surface area contributed by atoms with Gasteiger partial charge in [0.15, 0.2) is 0 Å². The molecule has 1 fully saturated rings. The van der Waals surface area contributed by atoms with E-state index in [1.54, 1.807) is 5.92 Å². The molecule has 0 unspecified atom stereocenters. The van der Waals surface area contributed by atoms with Gasteiger partial charge in [-0.1, -0.05) is 42.5 Å². The monoisotopic (exact) mass is 456 g/mol. The average molecular weight is 457 g/mol. The van der Waals surface area contributed by atoms with Crippen LogP contribution >= 0.6 is 0 Å². The largest absolute Gasteiger partial charge is 0.314 e. The van der Waals surface area contributed by atoms with Gasteiger partial charge < -0.3 is 0 Å². The number of fused-ring (bicyclic) bond motifs is 1. The van der Waals surface area contributed by atoms with Crippen LogP contribution in [0.15, 0.2) is 42.5 Å². The number of likely N-dealkylation sites (tertiary alicyclic amines) is 1. The number of carbonyl (C=O) groups is 2. The highest BCUT2D eigenvalue weighted by molar-refractivity contribution is 7.88. The topological polar surface area (TPSA) is 98.8 Å². The Balaban J connectivity index is 1.66. The highest BCUT2D eigenvalue weighted by Crippen LogP contribution is 2.31. The van der Waals surface area contributed by atoms with Crippen molar-refractivity contribution in [2.45, 2.75) is 31.8 Å². The smallest absolute Gasteiger partial charge is 0.296 e. The highest BCUT2D eigenvalue weighted by atomic mass is 32.2. The van der Waals surface area contributed by atoms with E-state index in [-0.39, 0.29) is 18.6 Å². The summed E-state index contributed by atoms with van der Waals surface area (Å²) in [4.78, 5) is 25.6. The fraction of sp³-hybridized carbons (Fsp3) is 0.391. The number of nitrogens with zero attached hydrogens (tertiary/aromatic N) is 2. The molecule has 2 N–H and O–H groups in total. The summed E-state index contributed by atoms with van der Waals surface area (Å²) in [6.45, 7) is 3.19. The summed E-state index contributed by atoms with van der Waals surface area (Å²) in [5, 5.41) is 2.41. The second-order valence-electron chi connectivity index (χ2n) is 7.97. The van der Waals surface area contributed by atoms with E-state index in [0.29, 0.717) is 25.9 Å². The minimum atomic E-state index is -3.62. The van der Waals surface area contributed by atoms with Crippen LogP contribution in [-0.2, 0) is 19.6 Å². The van der Waals surface area contributed by atoms with Gasteiger partial charge in [-0.15, -0.1) is 6.42 Å². The minimum Gasteiger partial charge on any atom is -0.296 e. The predicted octanol–water partition coefficient (Wildman–Crippen LogP) is 1.41. The number of benzene rings is 2. The van der Waals surface area contributed by atoms with Crippen LogP contribution in [0, 0.1) is 12.3 Å². The van der Waals surface area contributed by atoms with E-state index >= 15 is 0 Å². The number of hydrogen-bond donors (Lipinski definition) is 2. The maximum atomic E-state index is 12.4. The van der Waals surface area contributed by atoms with Crippen LogP contribution in [0.25, 0.3) is 10.8 Å². The molecule has 3 rings (SSSR count). The van der Waals surface area contributed by atoms with Crippen molar-refractivity contribution in [3.63, 3.8) is 0 Å². The van der Waals surface area contributed by atoms with Crippen LogP contribution in [0.4, 0.5) is 0 Å². The summed E-state index contributed by atoms with van der Waals surface area (Å²) in [7, 11) is -3.62. The van der Waals surface area contributed by atoms with Crippen LogP contribution in [0.3, 0.4) is 0 Å². The van der Waals surface area contributed by atoms with Gasteiger partial charge in [0, 0.05) is 25.2 Å². The molecule has 1 heterocycles. The quantitative estimate of drug-likeness (QED) is 0.506. The highest BCUT2D eigenvalue weighted by Gasteiger charge is 2.33. The zero-order chi connectivity index (χ0) is 23.3. The summed E-state index contributed by atoms with van der Waals surface area (Å²) in [6, 6.07) is 14.4. The number of carbonyl (C=O) groups excluding carboxylic acids is 2. The standard InChI is InChI=1S/C23H28N4O4S/c1-4-22(28)24-25-23(29)16-27(32(3,30)31)19-12-14-26(15-13-19)17(2)20-11-7-9-18-8-5-6-10-21(18)20/h1,5-11,17,19H,12-16H2,2-3H3,(H,24,28)(H,25,29)/t17-/m1/s1. The first-order chi connectivity index (χ1) is 15.2. The summed E-state index contributed by atoms with van der Waals surface area (Å²) in [5.74, 6) is 0.352. The van der Waals surface area contributed by atoms with Gasteiger partial charge in [0.1, 0.15) is 0 Å². The number of nitrogens with one attached hydrogen (secondary N) is 2. The summed E-state index contributed by atoms with van der Waals surface area (Å²) < 4.78 is 25.9. The first-order valence-corrected chi connectivity index (χ1v) is 12.3. The van der Waals surface area contributed by atoms with E-state index < -0.39 is 21.8 Å². The maximum absolute atomic E-state index is 12.4. The molecule has 0 bridgehead atoms. The summed E-state index contributed by atoms with van der Waals surface area (Å²) in [6.07, 6.45) is 7.23. The van der Waals surface area contributed by atoms with E-state index in [9.17, 15) is 18.0 Å². The molecule has 2 aromatic carbocycles. The zero-order valence-corrected chi connectivity index (χ0v) is 19.1. The van der Waals surface area contributed by atoms with Crippen molar-refractivity contribution in [1.82, 2.24) is 20.1 Å². The van der Waals surface area contributed by atoms with Crippen LogP contribution in [0.2, 0.25) is 0 Å². The lowest BCUT2D eigenvalue weighted by Crippen LogP contribution is -2.52. The third kappa shape index (κ3) is 5.65. The number of terminal acetylenes is 1. The van der Waals surface area contributed by atoms with Gasteiger partial charge in [0.05, 0.1) is 12.8 Å². The first-order valence-electron chi connectivity index (χ1n) is 10.4. The molecule has 0 saturated carbocycles. The van der Waals surface area contributed by atoms with E-state index in [2.05, 4.69) is 47.6 Å². The second-order valence-corrected chi connectivity index (χ2v) is 9.90. The Morgan fingerprint density at radius 3 is 2.47 bits per heavy atom. The molecule has 32 heavy (non-hydrogen) atoms. The number of piperidine rings is 1. The fourth-order valence-corrected chi connectivity index (χ4v) is 5.34. The number of sulfonamides is 1. The Hall–Kier alpha value is -2.93. The van der Waals surface area contributed by atoms with E-state index in [1.165, 1.54) is 20.6 Å². The average Bonchev–Trinajstić information content (AvgIpc) is 2.79. The maximum Gasteiger partial charge on any atom is 0.314 e. The Bertz CT molecular complexity index is 1130. The lowest BCUT2D eigenvalue weighted by atomic mass is 9.96. The van der Waals surface area contributed by atoms with E-state index in [1.807, 2.05) is 17.6 Å². The molecule has 0 aromatic heterocycles. The van der Waals surface area contributed by atoms with Crippen molar-refractivity contribution in [2.75, 3.05) is 25.9 Å². The number of rotatable bonds is 6. The van der Waals surface area contributed by atoms with Crippen molar-refractivity contribution >= 4 is 32.6 Å². The molecule has 0 aliphatic carbocycles. The molecule has 0 spiro atoms.